The lowest BCUT2D eigenvalue weighted by atomic mass is 9.89. The van der Waals surface area contributed by atoms with E-state index < -0.39 is 0 Å². The van der Waals surface area contributed by atoms with E-state index in [1.165, 1.54) is 0 Å². The van der Waals surface area contributed by atoms with Gasteiger partial charge in [-0.3, -0.25) is 9.59 Å². The minimum Gasteiger partial charge on any atom is -0.353 e. The van der Waals surface area contributed by atoms with E-state index in [9.17, 15) is 9.59 Å². The number of anilines is 1. The predicted octanol–water partition coefficient (Wildman–Crippen LogP) is 1.64. The van der Waals surface area contributed by atoms with Gasteiger partial charge in [0.15, 0.2) is 0 Å². The van der Waals surface area contributed by atoms with E-state index in [-0.39, 0.29) is 30.2 Å². The highest BCUT2D eigenvalue weighted by Gasteiger charge is 2.30. The largest absolute Gasteiger partial charge is 0.353 e. The average Bonchev–Trinajstić information content (AvgIpc) is 2.26. The molecule has 0 saturated heterocycles. The number of rotatable bonds is 2. The summed E-state index contributed by atoms with van der Waals surface area (Å²) < 4.78 is 0. The second-order valence-corrected chi connectivity index (χ2v) is 4.56. The van der Waals surface area contributed by atoms with Crippen molar-refractivity contribution in [2.45, 2.75) is 32.2 Å². The van der Waals surface area contributed by atoms with E-state index in [2.05, 4.69) is 10.6 Å². The number of para-hydroxylation sites is 1. The molecule has 1 aromatic carbocycles. The number of carbonyl (C=O) groups is 2. The van der Waals surface area contributed by atoms with Gasteiger partial charge >= 0.3 is 0 Å². The molecule has 2 rings (SSSR count). The molecule has 0 aliphatic carbocycles. The molecule has 17 heavy (non-hydrogen) atoms. The molecule has 2 N–H and O–H groups in total. The molecule has 0 aromatic heterocycles. The fourth-order valence-electron chi connectivity index (χ4n) is 2.03. The molecule has 0 saturated carbocycles. The van der Waals surface area contributed by atoms with Crippen molar-refractivity contribution >= 4 is 17.5 Å². The Bertz CT molecular complexity index is 454. The number of hydrogen-bond donors (Lipinski definition) is 2. The van der Waals surface area contributed by atoms with Crippen LogP contribution in [-0.2, 0) is 9.59 Å². The third kappa shape index (κ3) is 2.46. The van der Waals surface area contributed by atoms with Crippen LogP contribution in [0.1, 0.15) is 31.7 Å². The topological polar surface area (TPSA) is 58.2 Å². The Hall–Kier alpha value is -1.84. The number of carbonyl (C=O) groups excluding carboxylic acids is 2. The molecule has 1 unspecified atom stereocenters. The first-order valence-corrected chi connectivity index (χ1v) is 5.77. The molecule has 0 bridgehead atoms. The van der Waals surface area contributed by atoms with Gasteiger partial charge in [0.25, 0.3) is 0 Å². The van der Waals surface area contributed by atoms with Crippen LogP contribution < -0.4 is 10.6 Å². The molecule has 0 fully saturated rings. The highest BCUT2D eigenvalue weighted by atomic mass is 16.2. The summed E-state index contributed by atoms with van der Waals surface area (Å²) in [6.45, 7) is 3.82. The first kappa shape index (κ1) is 11.6. The van der Waals surface area contributed by atoms with Gasteiger partial charge in [0.2, 0.25) is 11.8 Å². The smallest absolute Gasteiger partial charge is 0.228 e. The second kappa shape index (κ2) is 4.57. The Kier molecular flexibility index (Phi) is 3.13. The monoisotopic (exact) mass is 232 g/mol. The van der Waals surface area contributed by atoms with E-state index in [1.807, 2.05) is 38.1 Å². The molecule has 0 spiro atoms. The quantitative estimate of drug-likeness (QED) is 0.814. The summed E-state index contributed by atoms with van der Waals surface area (Å²) in [4.78, 5) is 23.6. The van der Waals surface area contributed by atoms with Gasteiger partial charge in [-0.05, 0) is 25.5 Å². The van der Waals surface area contributed by atoms with Crippen molar-refractivity contribution in [1.82, 2.24) is 5.32 Å². The number of fused-ring (bicyclic) bond motifs is 1. The Morgan fingerprint density at radius 1 is 1.41 bits per heavy atom. The zero-order chi connectivity index (χ0) is 12.4. The summed E-state index contributed by atoms with van der Waals surface area (Å²) in [6, 6.07) is 7.52. The van der Waals surface area contributed by atoms with Crippen LogP contribution in [0.4, 0.5) is 5.69 Å². The molecule has 1 aromatic rings. The normalized spacial score (nSPS) is 18.5. The van der Waals surface area contributed by atoms with E-state index in [0.29, 0.717) is 0 Å². The van der Waals surface area contributed by atoms with Crippen LogP contribution in [0.5, 0.6) is 0 Å². The van der Waals surface area contributed by atoms with Gasteiger partial charge in [-0.2, -0.15) is 0 Å². The van der Waals surface area contributed by atoms with Crippen LogP contribution in [0.2, 0.25) is 0 Å². The molecule has 1 aliphatic heterocycles. The highest BCUT2D eigenvalue weighted by Crippen LogP contribution is 2.31. The van der Waals surface area contributed by atoms with Crippen LogP contribution in [0.15, 0.2) is 24.3 Å². The van der Waals surface area contributed by atoms with Gasteiger partial charge in [-0.15, -0.1) is 0 Å². The Morgan fingerprint density at radius 2 is 2.12 bits per heavy atom. The summed E-state index contributed by atoms with van der Waals surface area (Å²) in [6.07, 6.45) is 0.218. The van der Waals surface area contributed by atoms with Gasteiger partial charge in [-0.25, -0.2) is 0 Å². The van der Waals surface area contributed by atoms with Gasteiger partial charge in [0.05, 0.1) is 5.92 Å². The average molecular weight is 232 g/mol. The molecule has 1 heterocycles. The first-order valence-electron chi connectivity index (χ1n) is 5.77. The molecule has 0 radical (unpaired) electrons. The van der Waals surface area contributed by atoms with Gasteiger partial charge < -0.3 is 10.6 Å². The van der Waals surface area contributed by atoms with Crippen LogP contribution in [0.25, 0.3) is 0 Å². The number of amides is 2. The molecular formula is C13H16N2O2. The van der Waals surface area contributed by atoms with Crippen molar-refractivity contribution in [3.63, 3.8) is 0 Å². The summed E-state index contributed by atoms with van der Waals surface area (Å²) in [5, 5.41) is 5.63. The Morgan fingerprint density at radius 3 is 2.82 bits per heavy atom. The van der Waals surface area contributed by atoms with Crippen molar-refractivity contribution in [3.8, 4) is 0 Å². The number of hydrogen-bond acceptors (Lipinski definition) is 2. The van der Waals surface area contributed by atoms with Crippen LogP contribution >= 0.6 is 0 Å². The SMILES string of the molecule is CC(C)NC(=O)C1CC(=O)Nc2ccccc21. The van der Waals surface area contributed by atoms with Gasteiger partial charge in [-0.1, -0.05) is 18.2 Å². The zero-order valence-corrected chi connectivity index (χ0v) is 9.99. The van der Waals surface area contributed by atoms with Crippen LogP contribution in [0, 0.1) is 0 Å². The van der Waals surface area contributed by atoms with Gasteiger partial charge in [0.1, 0.15) is 0 Å². The van der Waals surface area contributed by atoms with E-state index in [1.54, 1.807) is 0 Å². The minimum absolute atomic E-state index is 0.0812. The van der Waals surface area contributed by atoms with Crippen LogP contribution in [-0.4, -0.2) is 17.9 Å². The lowest BCUT2D eigenvalue weighted by molar-refractivity contribution is -0.126. The van der Waals surface area contributed by atoms with E-state index in [0.717, 1.165) is 11.3 Å². The Balaban J connectivity index is 2.29. The van der Waals surface area contributed by atoms with E-state index >= 15 is 0 Å². The van der Waals surface area contributed by atoms with Crippen molar-refractivity contribution in [2.24, 2.45) is 0 Å². The van der Waals surface area contributed by atoms with Crippen molar-refractivity contribution in [2.75, 3.05) is 5.32 Å². The van der Waals surface area contributed by atoms with Crippen molar-refractivity contribution < 1.29 is 9.59 Å². The molecule has 90 valence electrons. The zero-order valence-electron chi connectivity index (χ0n) is 9.99. The number of nitrogens with one attached hydrogen (secondary N) is 2. The third-order valence-electron chi connectivity index (χ3n) is 2.75. The maximum absolute atomic E-state index is 12.0. The number of benzene rings is 1. The second-order valence-electron chi connectivity index (χ2n) is 4.56. The Labute approximate surface area is 100 Å². The van der Waals surface area contributed by atoms with Crippen molar-refractivity contribution in [1.29, 1.82) is 0 Å². The molecule has 2 amide bonds. The van der Waals surface area contributed by atoms with E-state index in [4.69, 9.17) is 0 Å². The summed E-state index contributed by atoms with van der Waals surface area (Å²) in [5.74, 6) is -0.558. The molecule has 4 heteroatoms. The fraction of sp³-hybridized carbons (Fsp3) is 0.385. The molecule has 1 aliphatic rings. The maximum Gasteiger partial charge on any atom is 0.228 e. The van der Waals surface area contributed by atoms with Gasteiger partial charge in [0, 0.05) is 18.2 Å². The summed E-state index contributed by atoms with van der Waals surface area (Å²) in [5.41, 5.74) is 1.64. The standard InChI is InChI=1S/C13H16N2O2/c1-8(2)14-13(17)10-7-12(16)15-11-6-4-3-5-9(10)11/h3-6,8,10H,7H2,1-2H3,(H,14,17)(H,15,16). The van der Waals surface area contributed by atoms with Crippen molar-refractivity contribution in [3.05, 3.63) is 29.8 Å². The summed E-state index contributed by atoms with van der Waals surface area (Å²) >= 11 is 0. The minimum atomic E-state index is -0.373. The predicted molar refractivity (Wildman–Crippen MR) is 65.7 cm³/mol. The maximum atomic E-state index is 12.0. The third-order valence-corrected chi connectivity index (χ3v) is 2.75. The highest BCUT2D eigenvalue weighted by molar-refractivity contribution is 6.01. The molecular weight excluding hydrogens is 216 g/mol. The lowest BCUT2D eigenvalue weighted by Gasteiger charge is -2.25. The summed E-state index contributed by atoms with van der Waals surface area (Å²) in [7, 11) is 0. The van der Waals surface area contributed by atoms with Crippen LogP contribution in [0.3, 0.4) is 0 Å². The molecule has 4 nitrogen and oxygen atoms in total. The molecule has 1 atom stereocenters. The fourth-order valence-corrected chi connectivity index (χ4v) is 2.03. The first-order chi connectivity index (χ1) is 8.08. The lowest BCUT2D eigenvalue weighted by Crippen LogP contribution is -2.38.